The van der Waals surface area contributed by atoms with Gasteiger partial charge in [0.1, 0.15) is 0 Å². The Morgan fingerprint density at radius 3 is 2.63 bits per heavy atom. The van der Waals surface area contributed by atoms with Gasteiger partial charge in [0.25, 0.3) is 0 Å². The van der Waals surface area contributed by atoms with Gasteiger partial charge >= 0.3 is 0 Å². The predicted molar refractivity (Wildman–Crippen MR) is 83.6 cm³/mol. The summed E-state index contributed by atoms with van der Waals surface area (Å²) in [7, 11) is 2.16. The zero-order chi connectivity index (χ0) is 14.3. The Morgan fingerprint density at radius 1 is 1.26 bits per heavy atom. The van der Waals surface area contributed by atoms with Crippen molar-refractivity contribution >= 4 is 5.69 Å². The molecule has 1 aromatic heterocycles. The molecule has 0 fully saturated rings. The van der Waals surface area contributed by atoms with Gasteiger partial charge in [0.15, 0.2) is 0 Å². The summed E-state index contributed by atoms with van der Waals surface area (Å²) >= 11 is 0. The van der Waals surface area contributed by atoms with E-state index in [9.17, 15) is 0 Å². The second kappa shape index (κ2) is 7.49. The lowest BCUT2D eigenvalue weighted by Crippen LogP contribution is -2.35. The maximum absolute atomic E-state index is 4.43. The van der Waals surface area contributed by atoms with Crippen molar-refractivity contribution in [3.05, 3.63) is 24.0 Å². The summed E-state index contributed by atoms with van der Waals surface area (Å²) in [6.07, 6.45) is 5.73. The quantitative estimate of drug-likeness (QED) is 0.762. The third-order valence-electron chi connectivity index (χ3n) is 3.14. The Hall–Kier alpha value is -1.09. The lowest BCUT2D eigenvalue weighted by Gasteiger charge is -2.22. The zero-order valence-electron chi connectivity index (χ0n) is 13.2. The van der Waals surface area contributed by atoms with Crippen LogP contribution in [0, 0.1) is 0 Å². The molecule has 3 heteroatoms. The van der Waals surface area contributed by atoms with Crippen LogP contribution < -0.4 is 10.2 Å². The summed E-state index contributed by atoms with van der Waals surface area (Å²) < 4.78 is 0. The van der Waals surface area contributed by atoms with Crippen LogP contribution in [0.15, 0.2) is 18.3 Å². The van der Waals surface area contributed by atoms with E-state index in [2.05, 4.69) is 62.1 Å². The molecule has 108 valence electrons. The van der Waals surface area contributed by atoms with Gasteiger partial charge in [0.05, 0.1) is 5.69 Å². The SMILES string of the molecule is CCCCCN(C)c1ccnc(CNC(C)(C)C)c1. The van der Waals surface area contributed by atoms with Crippen molar-refractivity contribution in [3.8, 4) is 0 Å². The number of hydrogen-bond acceptors (Lipinski definition) is 3. The number of pyridine rings is 1. The molecule has 1 heterocycles. The first-order valence-electron chi connectivity index (χ1n) is 7.33. The molecule has 0 aliphatic heterocycles. The van der Waals surface area contributed by atoms with Gasteiger partial charge in [-0.3, -0.25) is 4.98 Å². The molecule has 0 saturated carbocycles. The zero-order valence-corrected chi connectivity index (χ0v) is 13.2. The number of rotatable bonds is 7. The van der Waals surface area contributed by atoms with Crippen LogP contribution in [0.5, 0.6) is 0 Å². The summed E-state index contributed by atoms with van der Waals surface area (Å²) in [5.41, 5.74) is 2.50. The molecule has 0 saturated heterocycles. The van der Waals surface area contributed by atoms with Gasteiger partial charge in [0.2, 0.25) is 0 Å². The standard InChI is InChI=1S/C16H29N3/c1-6-7-8-11-19(5)15-9-10-17-14(12-15)13-18-16(2,3)4/h9-10,12,18H,6-8,11,13H2,1-5H3. The molecule has 0 radical (unpaired) electrons. The second-order valence-electron chi connectivity index (χ2n) is 6.24. The van der Waals surface area contributed by atoms with Crippen LogP contribution in [-0.4, -0.2) is 24.1 Å². The molecule has 0 aromatic carbocycles. The lowest BCUT2D eigenvalue weighted by atomic mass is 10.1. The van der Waals surface area contributed by atoms with Crippen LogP contribution in [0.3, 0.4) is 0 Å². The van der Waals surface area contributed by atoms with E-state index in [1.165, 1.54) is 24.9 Å². The average molecular weight is 263 g/mol. The van der Waals surface area contributed by atoms with E-state index in [-0.39, 0.29) is 5.54 Å². The van der Waals surface area contributed by atoms with Crippen molar-refractivity contribution < 1.29 is 0 Å². The van der Waals surface area contributed by atoms with Crippen molar-refractivity contribution in [2.45, 2.75) is 59.0 Å². The highest BCUT2D eigenvalue weighted by atomic mass is 15.1. The maximum atomic E-state index is 4.43. The van der Waals surface area contributed by atoms with E-state index in [0.29, 0.717) is 0 Å². The van der Waals surface area contributed by atoms with Crippen molar-refractivity contribution in [1.29, 1.82) is 0 Å². The minimum Gasteiger partial charge on any atom is -0.375 e. The highest BCUT2D eigenvalue weighted by Gasteiger charge is 2.09. The maximum Gasteiger partial charge on any atom is 0.0562 e. The first-order valence-corrected chi connectivity index (χ1v) is 7.33. The molecule has 0 bridgehead atoms. The normalized spacial score (nSPS) is 11.6. The molecular formula is C16H29N3. The van der Waals surface area contributed by atoms with Crippen LogP contribution in [0.25, 0.3) is 0 Å². The van der Waals surface area contributed by atoms with Crippen LogP contribution in [0.2, 0.25) is 0 Å². The minimum atomic E-state index is 0.130. The van der Waals surface area contributed by atoms with Crippen molar-refractivity contribution in [2.24, 2.45) is 0 Å². The molecule has 1 rings (SSSR count). The molecule has 0 amide bonds. The third kappa shape index (κ3) is 6.58. The van der Waals surface area contributed by atoms with Gasteiger partial charge in [-0.1, -0.05) is 19.8 Å². The van der Waals surface area contributed by atoms with E-state index in [4.69, 9.17) is 0 Å². The van der Waals surface area contributed by atoms with Crippen molar-refractivity contribution in [3.63, 3.8) is 0 Å². The van der Waals surface area contributed by atoms with E-state index < -0.39 is 0 Å². The molecule has 0 atom stereocenters. The Morgan fingerprint density at radius 2 is 2.00 bits per heavy atom. The number of nitrogens with zero attached hydrogens (tertiary/aromatic N) is 2. The number of unbranched alkanes of at least 4 members (excludes halogenated alkanes) is 2. The summed E-state index contributed by atoms with van der Waals surface area (Å²) in [6, 6.07) is 4.28. The summed E-state index contributed by atoms with van der Waals surface area (Å²) in [5.74, 6) is 0. The van der Waals surface area contributed by atoms with Gasteiger partial charge in [-0.25, -0.2) is 0 Å². The van der Waals surface area contributed by atoms with E-state index >= 15 is 0 Å². The number of aromatic nitrogens is 1. The van der Waals surface area contributed by atoms with Gasteiger partial charge < -0.3 is 10.2 Å². The Balaban J connectivity index is 2.56. The largest absolute Gasteiger partial charge is 0.375 e. The topological polar surface area (TPSA) is 28.2 Å². The monoisotopic (exact) mass is 263 g/mol. The van der Waals surface area contributed by atoms with Gasteiger partial charge in [-0.15, -0.1) is 0 Å². The Bertz CT molecular complexity index is 369. The van der Waals surface area contributed by atoms with Crippen LogP contribution in [0.4, 0.5) is 5.69 Å². The molecule has 1 N–H and O–H groups in total. The Labute approximate surface area is 118 Å². The van der Waals surface area contributed by atoms with Crippen molar-refractivity contribution in [1.82, 2.24) is 10.3 Å². The van der Waals surface area contributed by atoms with Gasteiger partial charge in [-0.05, 0) is 39.3 Å². The predicted octanol–water partition coefficient (Wildman–Crippen LogP) is 3.60. The van der Waals surface area contributed by atoms with E-state index in [0.717, 1.165) is 18.8 Å². The van der Waals surface area contributed by atoms with Crippen molar-refractivity contribution in [2.75, 3.05) is 18.5 Å². The average Bonchev–Trinajstić information content (AvgIpc) is 2.36. The molecular weight excluding hydrogens is 234 g/mol. The summed E-state index contributed by atoms with van der Waals surface area (Å²) in [5, 5.41) is 3.48. The highest BCUT2D eigenvalue weighted by molar-refractivity contribution is 5.45. The van der Waals surface area contributed by atoms with E-state index in [1.54, 1.807) is 0 Å². The lowest BCUT2D eigenvalue weighted by molar-refractivity contribution is 0.421. The first kappa shape index (κ1) is 16.0. The molecule has 3 nitrogen and oxygen atoms in total. The third-order valence-corrected chi connectivity index (χ3v) is 3.14. The minimum absolute atomic E-state index is 0.130. The van der Waals surface area contributed by atoms with Crippen LogP contribution >= 0.6 is 0 Å². The number of hydrogen-bond donors (Lipinski definition) is 1. The fourth-order valence-electron chi connectivity index (χ4n) is 1.88. The van der Waals surface area contributed by atoms with Gasteiger partial charge in [0, 0.05) is 37.6 Å². The molecule has 0 aliphatic rings. The van der Waals surface area contributed by atoms with Crippen LogP contribution in [0.1, 0.15) is 52.7 Å². The highest BCUT2D eigenvalue weighted by Crippen LogP contribution is 2.14. The second-order valence-corrected chi connectivity index (χ2v) is 6.24. The molecule has 19 heavy (non-hydrogen) atoms. The van der Waals surface area contributed by atoms with Gasteiger partial charge in [-0.2, -0.15) is 0 Å². The molecule has 0 spiro atoms. The molecule has 0 unspecified atom stereocenters. The fraction of sp³-hybridized carbons (Fsp3) is 0.688. The number of nitrogens with one attached hydrogen (secondary N) is 1. The molecule has 0 aliphatic carbocycles. The smallest absolute Gasteiger partial charge is 0.0562 e. The van der Waals surface area contributed by atoms with Crippen LogP contribution in [-0.2, 0) is 6.54 Å². The molecule has 1 aromatic rings. The summed E-state index contributed by atoms with van der Waals surface area (Å²) in [4.78, 5) is 6.75. The Kier molecular flexibility index (Phi) is 6.29. The summed E-state index contributed by atoms with van der Waals surface area (Å²) in [6.45, 7) is 10.7. The first-order chi connectivity index (χ1) is 8.92. The van der Waals surface area contributed by atoms with E-state index in [1.807, 2.05) is 6.20 Å². The fourth-order valence-corrected chi connectivity index (χ4v) is 1.88. The number of anilines is 1.